The molecule has 0 saturated heterocycles. The normalized spacial score (nSPS) is 15.0. The maximum Gasteiger partial charge on any atom is 0.335 e. The first kappa shape index (κ1) is 31.6. The predicted molar refractivity (Wildman–Crippen MR) is 174 cm³/mol. The van der Waals surface area contributed by atoms with Crippen molar-refractivity contribution in [3.8, 4) is 11.1 Å². The van der Waals surface area contributed by atoms with E-state index >= 15 is 0 Å². The van der Waals surface area contributed by atoms with Crippen LogP contribution in [0.15, 0.2) is 91.0 Å². The summed E-state index contributed by atoms with van der Waals surface area (Å²) in [6.07, 6.45) is 3.12. The van der Waals surface area contributed by atoms with Crippen LogP contribution in [0.2, 0.25) is 10.0 Å². The van der Waals surface area contributed by atoms with Crippen molar-refractivity contribution in [2.24, 2.45) is 0 Å². The van der Waals surface area contributed by atoms with E-state index in [9.17, 15) is 9.90 Å². The molecule has 0 spiro atoms. The summed E-state index contributed by atoms with van der Waals surface area (Å²) >= 11 is 11.9. The number of hydrogen-bond acceptors (Lipinski definition) is 4. The van der Waals surface area contributed by atoms with E-state index in [4.69, 9.17) is 28.3 Å². The van der Waals surface area contributed by atoms with Gasteiger partial charge in [-0.1, -0.05) is 72.6 Å². The third-order valence-electron chi connectivity index (χ3n) is 7.43. The Bertz CT molecular complexity index is 1480. The Kier molecular flexibility index (Phi) is 11.8. The second kappa shape index (κ2) is 15.8. The third kappa shape index (κ3) is 9.33. The smallest absolute Gasteiger partial charge is 0.335 e. The highest BCUT2D eigenvalue weighted by molar-refractivity contribution is 6.30. The highest BCUT2D eigenvalue weighted by atomic mass is 35.5. The molecule has 0 bridgehead atoms. The number of fused-ring (bicyclic) bond motifs is 1. The molecule has 42 heavy (non-hydrogen) atoms. The molecule has 5 rings (SSSR count). The summed E-state index contributed by atoms with van der Waals surface area (Å²) < 4.78 is 0. The lowest BCUT2D eigenvalue weighted by atomic mass is 9.96. The molecule has 1 heterocycles. The maximum atomic E-state index is 11.2. The first-order chi connectivity index (χ1) is 20.3. The molecule has 4 aromatic carbocycles. The number of halogens is 2. The van der Waals surface area contributed by atoms with Crippen LogP contribution >= 0.6 is 23.2 Å². The van der Waals surface area contributed by atoms with Gasteiger partial charge in [-0.3, -0.25) is 0 Å². The molecule has 7 heteroatoms. The van der Waals surface area contributed by atoms with Crippen LogP contribution in [0.25, 0.3) is 11.1 Å². The number of carboxylic acids is 1. The largest absolute Gasteiger partial charge is 0.478 e. The van der Waals surface area contributed by atoms with Crippen molar-refractivity contribution >= 4 is 34.9 Å². The van der Waals surface area contributed by atoms with Gasteiger partial charge in [-0.25, -0.2) is 4.79 Å². The highest BCUT2D eigenvalue weighted by Crippen LogP contribution is 2.26. The first-order valence-electron chi connectivity index (χ1n) is 14.4. The molecule has 220 valence electrons. The zero-order valence-electron chi connectivity index (χ0n) is 23.8. The van der Waals surface area contributed by atoms with Gasteiger partial charge in [-0.2, -0.15) is 0 Å². The third-order valence-corrected chi connectivity index (χ3v) is 7.90. The minimum Gasteiger partial charge on any atom is -0.478 e. The van der Waals surface area contributed by atoms with Crippen molar-refractivity contribution in [2.75, 3.05) is 25.0 Å². The topological polar surface area (TPSA) is 81.6 Å². The summed E-state index contributed by atoms with van der Waals surface area (Å²) in [6, 6.07) is 28.4. The van der Waals surface area contributed by atoms with E-state index < -0.39 is 12.1 Å². The van der Waals surface area contributed by atoms with Crippen LogP contribution in [0, 0.1) is 0 Å². The number of benzene rings is 4. The number of carbonyl (C=O) groups is 1. The quantitative estimate of drug-likeness (QED) is 0.144. The molecule has 2 atom stereocenters. The van der Waals surface area contributed by atoms with Gasteiger partial charge in [-0.05, 0) is 114 Å². The van der Waals surface area contributed by atoms with Gasteiger partial charge in [0.25, 0.3) is 0 Å². The van der Waals surface area contributed by atoms with Gasteiger partial charge in [0.05, 0.1) is 11.7 Å². The highest BCUT2D eigenvalue weighted by Gasteiger charge is 2.14. The molecule has 0 aliphatic carbocycles. The molecule has 0 fully saturated rings. The van der Waals surface area contributed by atoms with Gasteiger partial charge >= 0.3 is 5.97 Å². The molecular formula is C35H38Cl2N2O3. The molecule has 0 amide bonds. The average molecular weight is 606 g/mol. The van der Waals surface area contributed by atoms with Crippen molar-refractivity contribution in [3.05, 3.63) is 123 Å². The standard InChI is InChI=1S/C24H24ClNO3.C11H14ClN/c25-21-10-4-8-19(15-21)23(27)12-1-2-13-26-22-11-5-7-18(16-22)17-6-3-9-20(14-17)24(28)29;1-8-7-13-5-4-9-2-3-10(12)6-11(8)9/h3-11,14-16,23,26-27H,1-2,12-13H2,(H,28,29);2-3,6,8,13H,4-5,7H2,1H3/t23-;8-/m00/s1. The Morgan fingerprint density at radius 2 is 1.67 bits per heavy atom. The average Bonchev–Trinajstić information content (AvgIpc) is 3.18. The van der Waals surface area contributed by atoms with E-state index in [1.165, 1.54) is 11.1 Å². The van der Waals surface area contributed by atoms with E-state index in [2.05, 4.69) is 29.7 Å². The summed E-state index contributed by atoms with van der Waals surface area (Å²) in [5, 5.41) is 27.7. The number of unbranched alkanes of at least 4 members (excludes halogenated alkanes) is 1. The lowest BCUT2D eigenvalue weighted by Crippen LogP contribution is -2.18. The molecule has 4 aromatic rings. The molecule has 0 radical (unpaired) electrons. The molecular weight excluding hydrogens is 567 g/mol. The van der Waals surface area contributed by atoms with Crippen LogP contribution in [0.1, 0.15) is 65.3 Å². The number of nitrogens with one attached hydrogen (secondary N) is 2. The Hall–Kier alpha value is -3.35. The Morgan fingerprint density at radius 1 is 0.929 bits per heavy atom. The number of aromatic carboxylic acids is 1. The van der Waals surface area contributed by atoms with E-state index in [1.807, 2.05) is 48.5 Å². The zero-order chi connectivity index (χ0) is 29.9. The van der Waals surface area contributed by atoms with E-state index in [0.717, 1.165) is 66.3 Å². The van der Waals surface area contributed by atoms with Crippen molar-refractivity contribution in [3.63, 3.8) is 0 Å². The minimum absolute atomic E-state index is 0.277. The molecule has 1 aliphatic rings. The van der Waals surface area contributed by atoms with Crippen LogP contribution in [0.5, 0.6) is 0 Å². The summed E-state index contributed by atoms with van der Waals surface area (Å²) in [7, 11) is 0. The number of aliphatic hydroxyl groups excluding tert-OH is 1. The number of aliphatic hydroxyl groups is 1. The fraction of sp³-hybridized carbons (Fsp3) is 0.286. The Balaban J connectivity index is 0.000000258. The van der Waals surface area contributed by atoms with Crippen LogP contribution in [0.4, 0.5) is 5.69 Å². The summed E-state index contributed by atoms with van der Waals surface area (Å²) in [6.45, 7) is 5.18. The second-order valence-corrected chi connectivity index (χ2v) is 11.5. The van der Waals surface area contributed by atoms with E-state index in [-0.39, 0.29) is 5.56 Å². The zero-order valence-corrected chi connectivity index (χ0v) is 25.3. The lowest BCUT2D eigenvalue weighted by Gasteiger charge is -2.12. The number of anilines is 1. The van der Waals surface area contributed by atoms with Gasteiger partial charge < -0.3 is 20.8 Å². The van der Waals surface area contributed by atoms with E-state index in [1.54, 1.807) is 30.3 Å². The molecule has 0 unspecified atom stereocenters. The number of carboxylic acid groups (broad SMARTS) is 1. The Morgan fingerprint density at radius 3 is 2.45 bits per heavy atom. The monoisotopic (exact) mass is 604 g/mol. The number of hydrogen-bond donors (Lipinski definition) is 4. The van der Waals surface area contributed by atoms with Crippen LogP contribution in [-0.4, -0.2) is 35.8 Å². The van der Waals surface area contributed by atoms with Crippen LogP contribution in [-0.2, 0) is 6.42 Å². The fourth-order valence-corrected chi connectivity index (χ4v) is 5.50. The van der Waals surface area contributed by atoms with Gasteiger partial charge in [0.1, 0.15) is 0 Å². The van der Waals surface area contributed by atoms with Crippen molar-refractivity contribution < 1.29 is 15.0 Å². The van der Waals surface area contributed by atoms with Crippen LogP contribution in [0.3, 0.4) is 0 Å². The summed E-state index contributed by atoms with van der Waals surface area (Å²) in [4.78, 5) is 11.2. The molecule has 5 nitrogen and oxygen atoms in total. The van der Waals surface area contributed by atoms with Gasteiger partial charge in [0.15, 0.2) is 0 Å². The van der Waals surface area contributed by atoms with Crippen LogP contribution < -0.4 is 10.6 Å². The minimum atomic E-state index is -0.930. The second-order valence-electron chi connectivity index (χ2n) is 10.7. The van der Waals surface area contributed by atoms with E-state index in [0.29, 0.717) is 17.4 Å². The van der Waals surface area contributed by atoms with Crippen molar-refractivity contribution in [2.45, 2.75) is 44.6 Å². The summed E-state index contributed by atoms with van der Waals surface area (Å²) in [5.74, 6) is -0.350. The Labute approximate surface area is 258 Å². The molecule has 0 aromatic heterocycles. The fourth-order valence-electron chi connectivity index (χ4n) is 5.12. The lowest BCUT2D eigenvalue weighted by molar-refractivity contribution is 0.0697. The first-order valence-corrected chi connectivity index (χ1v) is 15.2. The molecule has 4 N–H and O–H groups in total. The van der Waals surface area contributed by atoms with Gasteiger partial charge in [-0.15, -0.1) is 0 Å². The van der Waals surface area contributed by atoms with Gasteiger partial charge in [0, 0.05) is 28.8 Å². The molecule has 1 aliphatic heterocycles. The summed E-state index contributed by atoms with van der Waals surface area (Å²) in [5.41, 5.74) is 6.81. The number of rotatable bonds is 9. The molecule has 0 saturated carbocycles. The van der Waals surface area contributed by atoms with Gasteiger partial charge in [0.2, 0.25) is 0 Å². The van der Waals surface area contributed by atoms with Crippen molar-refractivity contribution in [1.82, 2.24) is 5.32 Å². The SMILES string of the molecule is C[C@H]1CNCCc2ccc(Cl)cc21.O=C(O)c1cccc(-c2cccc(NCCCC[C@H](O)c3cccc(Cl)c3)c2)c1. The van der Waals surface area contributed by atoms with Crippen molar-refractivity contribution in [1.29, 1.82) is 0 Å². The predicted octanol–water partition coefficient (Wildman–Crippen LogP) is 8.61. The maximum absolute atomic E-state index is 11.2.